The molecular formula is C25H25N5. The van der Waals surface area contributed by atoms with Crippen molar-refractivity contribution in [1.29, 1.82) is 5.26 Å². The van der Waals surface area contributed by atoms with Crippen molar-refractivity contribution in [1.82, 2.24) is 20.2 Å². The molecule has 1 aliphatic rings. The van der Waals surface area contributed by atoms with Crippen molar-refractivity contribution in [2.75, 3.05) is 20.6 Å². The van der Waals surface area contributed by atoms with E-state index in [0.717, 1.165) is 57.7 Å². The molecular weight excluding hydrogens is 370 g/mol. The Morgan fingerprint density at radius 2 is 2.20 bits per heavy atom. The molecule has 0 saturated carbocycles. The monoisotopic (exact) mass is 395 g/mol. The van der Waals surface area contributed by atoms with E-state index >= 15 is 0 Å². The quantitative estimate of drug-likeness (QED) is 0.627. The normalized spacial score (nSPS) is 19.2. The van der Waals surface area contributed by atoms with Crippen LogP contribution in [0.5, 0.6) is 0 Å². The smallest absolute Gasteiger partial charge is 0.137 e. The van der Waals surface area contributed by atoms with Crippen LogP contribution in [-0.2, 0) is 5.41 Å². The van der Waals surface area contributed by atoms with E-state index in [4.69, 9.17) is 0 Å². The summed E-state index contributed by atoms with van der Waals surface area (Å²) in [6.07, 6.45) is 6.48. The van der Waals surface area contributed by atoms with Crippen molar-refractivity contribution in [3.8, 4) is 6.07 Å². The van der Waals surface area contributed by atoms with E-state index in [1.54, 1.807) is 6.20 Å². The molecule has 5 heteroatoms. The van der Waals surface area contributed by atoms with Crippen LogP contribution >= 0.6 is 0 Å². The number of hydrogen-bond acceptors (Lipinski definition) is 4. The minimum Gasteiger partial charge on any atom is -0.388 e. The number of aromatic nitrogens is 2. The number of benzene rings is 1. The van der Waals surface area contributed by atoms with Gasteiger partial charge < -0.3 is 15.2 Å². The fourth-order valence-electron chi connectivity index (χ4n) is 4.16. The number of likely N-dealkylation sites (tertiary alicyclic amines) is 1. The Morgan fingerprint density at radius 1 is 1.37 bits per heavy atom. The molecule has 1 saturated heterocycles. The molecule has 3 aromatic rings. The Hall–Kier alpha value is -3.78. The van der Waals surface area contributed by atoms with Gasteiger partial charge in [0.25, 0.3) is 0 Å². The first kappa shape index (κ1) is 19.5. The average Bonchev–Trinajstić information content (AvgIpc) is 3.34. The molecule has 1 unspecified atom stereocenters. The number of pyridine rings is 1. The molecule has 2 N–H and O–H groups in total. The SMILES string of the molecule is C=C(/C=C(\NC)c1cccc(C2(C#N)CCN(C)C2=C)c1)c1c[nH]c2ncccc12. The second-order valence-electron chi connectivity index (χ2n) is 7.65. The molecule has 1 aromatic carbocycles. The lowest BCUT2D eigenvalue weighted by molar-refractivity contribution is 0.478. The predicted molar refractivity (Wildman–Crippen MR) is 122 cm³/mol. The van der Waals surface area contributed by atoms with Crippen molar-refractivity contribution in [2.24, 2.45) is 0 Å². The number of aromatic amines is 1. The highest BCUT2D eigenvalue weighted by Gasteiger charge is 2.42. The summed E-state index contributed by atoms with van der Waals surface area (Å²) >= 11 is 0. The molecule has 0 radical (unpaired) electrons. The van der Waals surface area contributed by atoms with E-state index in [-0.39, 0.29) is 0 Å². The number of nitrogens with zero attached hydrogens (tertiary/aromatic N) is 3. The lowest BCUT2D eigenvalue weighted by Crippen LogP contribution is -2.25. The molecule has 0 bridgehead atoms. The number of hydrogen-bond donors (Lipinski definition) is 2. The third-order valence-electron chi connectivity index (χ3n) is 6.02. The highest BCUT2D eigenvalue weighted by molar-refractivity contribution is 5.95. The lowest BCUT2D eigenvalue weighted by Gasteiger charge is -2.25. The van der Waals surface area contributed by atoms with E-state index in [0.29, 0.717) is 0 Å². The molecule has 1 aliphatic heterocycles. The molecule has 4 rings (SSSR count). The fraction of sp³-hybridized carbons (Fsp3) is 0.200. The molecule has 0 amide bonds. The van der Waals surface area contributed by atoms with Crippen LogP contribution in [0.25, 0.3) is 22.3 Å². The zero-order valence-electron chi connectivity index (χ0n) is 17.4. The maximum absolute atomic E-state index is 10.0. The number of nitrogens with one attached hydrogen (secondary N) is 2. The van der Waals surface area contributed by atoms with Gasteiger partial charge in [-0.3, -0.25) is 0 Å². The second-order valence-corrected chi connectivity index (χ2v) is 7.65. The lowest BCUT2D eigenvalue weighted by atomic mass is 9.78. The number of rotatable bonds is 5. The summed E-state index contributed by atoms with van der Waals surface area (Å²) in [5.74, 6) is 0. The van der Waals surface area contributed by atoms with E-state index in [9.17, 15) is 5.26 Å². The Morgan fingerprint density at radius 3 is 2.90 bits per heavy atom. The van der Waals surface area contributed by atoms with Gasteiger partial charge in [0.1, 0.15) is 11.1 Å². The maximum atomic E-state index is 10.0. The van der Waals surface area contributed by atoms with Gasteiger partial charge in [-0.15, -0.1) is 0 Å². The van der Waals surface area contributed by atoms with Gasteiger partial charge >= 0.3 is 0 Å². The Kier molecular flexibility index (Phi) is 4.93. The number of likely N-dealkylation sites (N-methyl/N-ethyl adjacent to an activating group) is 1. The van der Waals surface area contributed by atoms with Crippen molar-refractivity contribution in [3.05, 3.63) is 90.4 Å². The highest BCUT2D eigenvalue weighted by Crippen LogP contribution is 2.41. The molecule has 0 spiro atoms. The van der Waals surface area contributed by atoms with Crippen LogP contribution in [-0.4, -0.2) is 35.5 Å². The van der Waals surface area contributed by atoms with Gasteiger partial charge in [0.15, 0.2) is 0 Å². The number of fused-ring (bicyclic) bond motifs is 1. The summed E-state index contributed by atoms with van der Waals surface area (Å²) in [5, 5.41) is 14.3. The summed E-state index contributed by atoms with van der Waals surface area (Å²) in [5.41, 5.74) is 5.83. The summed E-state index contributed by atoms with van der Waals surface area (Å²) in [4.78, 5) is 9.61. The van der Waals surface area contributed by atoms with Gasteiger partial charge in [0.2, 0.25) is 0 Å². The van der Waals surface area contributed by atoms with E-state index in [1.807, 2.05) is 56.7 Å². The molecule has 0 aliphatic carbocycles. The minimum atomic E-state index is -0.677. The molecule has 1 atom stereocenters. The summed E-state index contributed by atoms with van der Waals surface area (Å²) in [6.45, 7) is 9.30. The Bertz CT molecular complexity index is 1210. The maximum Gasteiger partial charge on any atom is 0.137 e. The van der Waals surface area contributed by atoms with Crippen LogP contribution in [0.4, 0.5) is 0 Å². The van der Waals surface area contributed by atoms with Crippen LogP contribution in [0.15, 0.2) is 73.7 Å². The first-order valence-electron chi connectivity index (χ1n) is 9.93. The third kappa shape index (κ3) is 3.07. The van der Waals surface area contributed by atoms with Gasteiger partial charge in [-0.05, 0) is 47.4 Å². The highest BCUT2D eigenvalue weighted by atomic mass is 15.1. The van der Waals surface area contributed by atoms with Crippen molar-refractivity contribution in [3.63, 3.8) is 0 Å². The van der Waals surface area contributed by atoms with Crippen LogP contribution in [0.1, 0.15) is 23.1 Å². The number of nitriles is 1. The Balaban J connectivity index is 1.72. The largest absolute Gasteiger partial charge is 0.388 e. The van der Waals surface area contributed by atoms with Crippen LogP contribution in [0, 0.1) is 11.3 Å². The summed E-state index contributed by atoms with van der Waals surface area (Å²) in [7, 11) is 3.88. The third-order valence-corrected chi connectivity index (χ3v) is 6.02. The van der Waals surface area contributed by atoms with Crippen LogP contribution < -0.4 is 5.32 Å². The number of H-pyrrole nitrogens is 1. The molecule has 1 fully saturated rings. The number of allylic oxidation sites excluding steroid dienone is 3. The molecule has 30 heavy (non-hydrogen) atoms. The molecule has 3 heterocycles. The van der Waals surface area contributed by atoms with Crippen LogP contribution in [0.3, 0.4) is 0 Å². The summed E-state index contributed by atoms with van der Waals surface area (Å²) < 4.78 is 0. The Labute approximate surface area is 177 Å². The predicted octanol–water partition coefficient (Wildman–Crippen LogP) is 4.45. The van der Waals surface area contributed by atoms with Gasteiger partial charge in [-0.1, -0.05) is 31.4 Å². The molecule has 5 nitrogen and oxygen atoms in total. The second kappa shape index (κ2) is 7.57. The van der Waals surface area contributed by atoms with Gasteiger partial charge in [-0.2, -0.15) is 5.26 Å². The topological polar surface area (TPSA) is 67.7 Å². The van der Waals surface area contributed by atoms with E-state index in [2.05, 4.69) is 45.5 Å². The zero-order valence-corrected chi connectivity index (χ0v) is 17.4. The van der Waals surface area contributed by atoms with Gasteiger partial charge in [0, 0.05) is 55.4 Å². The van der Waals surface area contributed by atoms with E-state index in [1.165, 1.54) is 0 Å². The van der Waals surface area contributed by atoms with Crippen molar-refractivity contribution in [2.45, 2.75) is 11.8 Å². The first-order chi connectivity index (χ1) is 14.5. The van der Waals surface area contributed by atoms with Crippen molar-refractivity contribution < 1.29 is 0 Å². The van der Waals surface area contributed by atoms with Crippen molar-refractivity contribution >= 4 is 22.3 Å². The zero-order chi connectivity index (χ0) is 21.3. The average molecular weight is 396 g/mol. The van der Waals surface area contributed by atoms with E-state index < -0.39 is 5.41 Å². The van der Waals surface area contributed by atoms with Crippen LogP contribution in [0.2, 0.25) is 0 Å². The standard InChI is InChI=1S/C25H25N5/c1-17(22-15-29-24-21(22)9-6-11-28-24)13-23(27-3)19-7-5-8-20(14-19)25(16-26)10-12-30(4)18(25)2/h5-9,11,13-15,27H,1-2,10,12H2,3-4H3,(H,28,29)/b23-13-. The first-order valence-corrected chi connectivity index (χ1v) is 9.93. The summed E-state index contributed by atoms with van der Waals surface area (Å²) in [6, 6.07) is 14.6. The van der Waals surface area contributed by atoms with Gasteiger partial charge in [0.05, 0.1) is 6.07 Å². The fourth-order valence-corrected chi connectivity index (χ4v) is 4.16. The molecule has 2 aromatic heterocycles. The van der Waals surface area contributed by atoms with Gasteiger partial charge in [-0.25, -0.2) is 4.98 Å². The molecule has 150 valence electrons. The minimum absolute atomic E-state index is 0.677.